The molecule has 0 aromatic rings. The molecule has 0 aliphatic carbocycles. The number of thiol groups is 1. The third kappa shape index (κ3) is 5.69. The van der Waals surface area contributed by atoms with E-state index in [0.29, 0.717) is 0 Å². The maximum atomic E-state index is 5.95. The van der Waals surface area contributed by atoms with Crippen molar-refractivity contribution in [3.63, 3.8) is 0 Å². The van der Waals surface area contributed by atoms with Gasteiger partial charge in [0.1, 0.15) is 0 Å². The van der Waals surface area contributed by atoms with E-state index < -0.39 is 0 Å². The van der Waals surface area contributed by atoms with E-state index in [9.17, 15) is 0 Å². The van der Waals surface area contributed by atoms with Crippen molar-refractivity contribution < 1.29 is 0 Å². The van der Waals surface area contributed by atoms with Gasteiger partial charge >= 0.3 is 0 Å². The van der Waals surface area contributed by atoms with Gasteiger partial charge < -0.3 is 9.62 Å². The Balaban J connectivity index is 1.55. The van der Waals surface area contributed by atoms with Crippen molar-refractivity contribution in [3.05, 3.63) is 0 Å². The van der Waals surface area contributed by atoms with Gasteiger partial charge in [0.25, 0.3) is 0 Å². The molecule has 3 aliphatic heterocycles. The Morgan fingerprint density at radius 3 is 1.54 bits per heavy atom. The zero-order valence-corrected chi connectivity index (χ0v) is 16.0. The number of piperidine rings is 3. The summed E-state index contributed by atoms with van der Waals surface area (Å²) < 4.78 is 2.20. The number of hydrogen-bond acceptors (Lipinski definition) is 4. The monoisotopic (exact) mass is 345 g/mol. The van der Waals surface area contributed by atoms with Crippen molar-refractivity contribution >= 4 is 28.8 Å². The minimum absolute atomic E-state index is 0.887. The molecule has 0 bridgehead atoms. The van der Waals surface area contributed by atoms with Crippen LogP contribution < -0.4 is 0 Å². The highest BCUT2D eigenvalue weighted by Crippen LogP contribution is 2.38. The lowest BCUT2D eigenvalue weighted by Crippen LogP contribution is -2.37. The zero-order chi connectivity index (χ0) is 16.9. The molecule has 3 saturated heterocycles. The lowest BCUT2D eigenvalue weighted by atomic mass is 9.72. The number of hydrogen-bond donors (Lipinski definition) is 1. The third-order valence-corrected chi connectivity index (χ3v) is 7.15. The summed E-state index contributed by atoms with van der Waals surface area (Å²) in [7, 11) is 11.9. The fraction of sp³-hybridized carbons (Fsp3) is 1.00. The third-order valence-electron chi connectivity index (χ3n) is 6.75. The summed E-state index contributed by atoms with van der Waals surface area (Å²) >= 11 is 4.55. The average molecular weight is 345 g/mol. The van der Waals surface area contributed by atoms with Crippen LogP contribution in [0.3, 0.4) is 0 Å². The molecule has 4 radical (unpaired) electrons. The molecule has 0 atom stereocenters. The highest BCUT2D eigenvalue weighted by atomic mass is 32.1. The Kier molecular flexibility index (Phi) is 7.45. The van der Waals surface area contributed by atoms with E-state index in [1.165, 1.54) is 51.4 Å². The van der Waals surface area contributed by atoms with Crippen LogP contribution in [0.15, 0.2) is 0 Å². The Morgan fingerprint density at radius 2 is 1.12 bits per heavy atom. The highest BCUT2D eigenvalue weighted by molar-refractivity contribution is 7.77. The van der Waals surface area contributed by atoms with Crippen molar-refractivity contribution in [1.29, 1.82) is 0 Å². The Labute approximate surface area is 157 Å². The van der Waals surface area contributed by atoms with E-state index in [4.69, 9.17) is 16.0 Å². The molecule has 3 aliphatic rings. The van der Waals surface area contributed by atoms with Crippen LogP contribution in [0.1, 0.15) is 51.4 Å². The summed E-state index contributed by atoms with van der Waals surface area (Å²) in [4.78, 5) is 4.00. The topological polar surface area (TPSA) is 9.72 Å². The molecule has 0 aromatic heterocycles. The van der Waals surface area contributed by atoms with Crippen LogP contribution in [0.25, 0.3) is 0 Å². The number of rotatable bonds is 5. The molecule has 132 valence electrons. The van der Waals surface area contributed by atoms with Gasteiger partial charge in [0.05, 0.1) is 0 Å². The second-order valence-corrected chi connectivity index (χ2v) is 9.05. The highest BCUT2D eigenvalue weighted by Gasteiger charge is 2.31. The van der Waals surface area contributed by atoms with Crippen LogP contribution in [-0.4, -0.2) is 69.2 Å². The summed E-state index contributed by atoms with van der Waals surface area (Å²) in [5, 5.41) is 0. The zero-order valence-electron chi connectivity index (χ0n) is 15.2. The maximum Gasteiger partial charge on any atom is 0.182 e. The van der Waals surface area contributed by atoms with Crippen molar-refractivity contribution in [2.75, 3.05) is 39.3 Å². The quantitative estimate of drug-likeness (QED) is 0.607. The molecular formula is C18H33B2N3S. The predicted molar refractivity (Wildman–Crippen MR) is 106 cm³/mol. The largest absolute Gasteiger partial charge is 0.353 e. The molecule has 0 amide bonds. The summed E-state index contributed by atoms with van der Waals surface area (Å²) in [6.45, 7) is 6.64. The SMILES string of the molecule is [B]N1CCC(CC(CC2CCN([B])CC2)C2CCN(S)CC2)CC1. The molecule has 24 heavy (non-hydrogen) atoms. The second-order valence-electron chi connectivity index (χ2n) is 8.48. The summed E-state index contributed by atoms with van der Waals surface area (Å²) in [5.74, 6) is 3.58. The van der Waals surface area contributed by atoms with Crippen molar-refractivity contribution in [1.82, 2.24) is 13.9 Å². The molecule has 3 heterocycles. The van der Waals surface area contributed by atoms with Gasteiger partial charge in [-0.3, -0.25) is 4.31 Å². The lowest BCUT2D eigenvalue weighted by molar-refractivity contribution is 0.128. The van der Waals surface area contributed by atoms with Crippen molar-refractivity contribution in [3.8, 4) is 0 Å². The van der Waals surface area contributed by atoms with Gasteiger partial charge in [-0.2, -0.15) is 0 Å². The van der Waals surface area contributed by atoms with Crippen molar-refractivity contribution in [2.45, 2.75) is 51.4 Å². The summed E-state index contributed by atoms with van der Waals surface area (Å²) in [6, 6.07) is 0. The van der Waals surface area contributed by atoms with Gasteiger partial charge in [-0.05, 0) is 101 Å². The van der Waals surface area contributed by atoms with E-state index in [-0.39, 0.29) is 0 Å². The van der Waals surface area contributed by atoms with E-state index in [2.05, 4.69) is 17.1 Å². The van der Waals surface area contributed by atoms with Gasteiger partial charge in [0.15, 0.2) is 16.0 Å². The van der Waals surface area contributed by atoms with Crippen LogP contribution in [0.2, 0.25) is 0 Å². The smallest absolute Gasteiger partial charge is 0.182 e. The Hall–Kier alpha value is 0.360. The molecule has 0 saturated carbocycles. The van der Waals surface area contributed by atoms with Crippen LogP contribution in [-0.2, 0) is 0 Å². The first-order valence-corrected chi connectivity index (χ1v) is 10.4. The molecule has 0 unspecified atom stereocenters. The molecule has 0 aromatic carbocycles. The molecule has 0 N–H and O–H groups in total. The average Bonchev–Trinajstić information content (AvgIpc) is 2.59. The fourth-order valence-electron chi connectivity index (χ4n) is 5.07. The molecule has 6 heteroatoms. The van der Waals surface area contributed by atoms with E-state index in [1.807, 2.05) is 9.62 Å². The van der Waals surface area contributed by atoms with E-state index in [1.54, 1.807) is 0 Å². The van der Waals surface area contributed by atoms with Gasteiger partial charge in [0.2, 0.25) is 0 Å². The van der Waals surface area contributed by atoms with Gasteiger partial charge in [-0.25, -0.2) is 0 Å². The first kappa shape index (κ1) is 19.1. The van der Waals surface area contributed by atoms with Crippen LogP contribution >= 0.6 is 12.8 Å². The van der Waals surface area contributed by atoms with Gasteiger partial charge in [-0.15, -0.1) is 0 Å². The first-order chi connectivity index (χ1) is 11.6. The Bertz CT molecular complexity index is 339. The van der Waals surface area contributed by atoms with Gasteiger partial charge in [0, 0.05) is 13.1 Å². The lowest BCUT2D eigenvalue weighted by Gasteiger charge is -2.40. The molecular weight excluding hydrogens is 312 g/mol. The molecule has 3 fully saturated rings. The van der Waals surface area contributed by atoms with E-state index in [0.717, 1.165) is 62.9 Å². The molecule has 3 rings (SSSR count). The second kappa shape index (κ2) is 9.34. The van der Waals surface area contributed by atoms with Gasteiger partial charge in [-0.1, -0.05) is 12.8 Å². The normalized spacial score (nSPS) is 27.9. The van der Waals surface area contributed by atoms with E-state index >= 15 is 0 Å². The summed E-state index contributed by atoms with van der Waals surface area (Å²) in [6.07, 6.45) is 10.7. The van der Waals surface area contributed by atoms with Crippen LogP contribution in [0.4, 0.5) is 0 Å². The fourth-order valence-corrected chi connectivity index (χ4v) is 5.30. The minimum atomic E-state index is 0.887. The Morgan fingerprint density at radius 1 is 0.708 bits per heavy atom. The molecule has 0 spiro atoms. The van der Waals surface area contributed by atoms with Crippen LogP contribution in [0, 0.1) is 23.7 Å². The number of nitrogens with zero attached hydrogens (tertiary/aromatic N) is 3. The van der Waals surface area contributed by atoms with Crippen LogP contribution in [0.5, 0.6) is 0 Å². The standard InChI is InChI=1S/C18H33B2N3S/c19-21-7-1-15(2-8-21)13-18(17-5-11-23(24)12-6-17)14-16-3-9-22(20)10-4-16/h15-18,24H,1-14H2. The molecule has 3 nitrogen and oxygen atoms in total. The maximum absolute atomic E-state index is 5.95. The first-order valence-electron chi connectivity index (χ1n) is 10.0. The predicted octanol–water partition coefficient (Wildman–Crippen LogP) is 2.53. The van der Waals surface area contributed by atoms with Crippen molar-refractivity contribution in [2.24, 2.45) is 23.7 Å². The summed E-state index contributed by atoms with van der Waals surface area (Å²) in [5.41, 5.74) is 0. The minimum Gasteiger partial charge on any atom is -0.353 e.